The van der Waals surface area contributed by atoms with Gasteiger partial charge in [0.05, 0.1) is 19.3 Å². The van der Waals surface area contributed by atoms with E-state index in [0.717, 1.165) is 22.4 Å². The summed E-state index contributed by atoms with van der Waals surface area (Å²) in [5, 5.41) is 4.19. The monoisotopic (exact) mass is 337 g/mol. The van der Waals surface area contributed by atoms with Crippen molar-refractivity contribution < 1.29 is 9.53 Å². The number of pyridine rings is 1. The van der Waals surface area contributed by atoms with Crippen LogP contribution in [0.2, 0.25) is 0 Å². The predicted octanol–water partition coefficient (Wildman–Crippen LogP) is 2.39. The lowest BCUT2D eigenvalue weighted by molar-refractivity contribution is 0.0593. The largest absolute Gasteiger partial charge is 0.464 e. The molecular weight excluding hydrogens is 318 g/mol. The maximum absolute atomic E-state index is 12.3. The van der Waals surface area contributed by atoms with E-state index >= 15 is 0 Å². The number of hydrogen-bond donors (Lipinski definition) is 0. The number of esters is 1. The standard InChI is InChI=1S/C19H19N3O3/c1-13-9-18(23)22(11-14-7-5-4-6-8-14)12-15(13)17-10-16(19(24)25-3)20-21(17)2/h4-10,12H,11H2,1-3H3. The fourth-order valence-corrected chi connectivity index (χ4v) is 2.76. The van der Waals surface area contributed by atoms with E-state index in [0.29, 0.717) is 6.54 Å². The number of benzene rings is 1. The number of aryl methyl sites for hydroxylation is 2. The summed E-state index contributed by atoms with van der Waals surface area (Å²) in [7, 11) is 3.08. The zero-order chi connectivity index (χ0) is 18.0. The number of carbonyl (C=O) groups excluding carboxylic acids is 1. The Morgan fingerprint density at radius 3 is 2.60 bits per heavy atom. The van der Waals surface area contributed by atoms with Crippen LogP contribution in [0.3, 0.4) is 0 Å². The molecule has 0 atom stereocenters. The van der Waals surface area contributed by atoms with Gasteiger partial charge in [0.1, 0.15) is 0 Å². The van der Waals surface area contributed by atoms with Crippen LogP contribution in [0.5, 0.6) is 0 Å². The molecule has 0 saturated heterocycles. The van der Waals surface area contributed by atoms with Crippen LogP contribution in [0.15, 0.2) is 53.5 Å². The molecule has 128 valence electrons. The Hall–Kier alpha value is -3.15. The first-order valence-corrected chi connectivity index (χ1v) is 7.87. The second-order valence-corrected chi connectivity index (χ2v) is 5.85. The molecule has 0 saturated carbocycles. The van der Waals surface area contributed by atoms with Crippen LogP contribution < -0.4 is 5.56 Å². The van der Waals surface area contributed by atoms with E-state index in [1.807, 2.05) is 43.5 Å². The topological polar surface area (TPSA) is 66.1 Å². The summed E-state index contributed by atoms with van der Waals surface area (Å²) in [6, 6.07) is 13.1. The van der Waals surface area contributed by atoms with E-state index < -0.39 is 5.97 Å². The van der Waals surface area contributed by atoms with Crippen LogP contribution in [0, 0.1) is 6.92 Å². The highest BCUT2D eigenvalue weighted by Crippen LogP contribution is 2.23. The summed E-state index contributed by atoms with van der Waals surface area (Å²) in [5.41, 5.74) is 3.63. The molecule has 0 aliphatic carbocycles. The highest BCUT2D eigenvalue weighted by Gasteiger charge is 2.16. The van der Waals surface area contributed by atoms with Crippen LogP contribution in [0.1, 0.15) is 21.6 Å². The van der Waals surface area contributed by atoms with Crippen molar-refractivity contribution in [2.24, 2.45) is 7.05 Å². The fraction of sp³-hybridized carbons (Fsp3) is 0.211. The van der Waals surface area contributed by atoms with Crippen molar-refractivity contribution in [1.82, 2.24) is 14.3 Å². The lowest BCUT2D eigenvalue weighted by Gasteiger charge is -2.11. The predicted molar refractivity (Wildman–Crippen MR) is 94.5 cm³/mol. The first-order chi connectivity index (χ1) is 12.0. The molecule has 0 radical (unpaired) electrons. The lowest BCUT2D eigenvalue weighted by Crippen LogP contribution is -2.20. The van der Waals surface area contributed by atoms with Crippen LogP contribution in [0.4, 0.5) is 0 Å². The van der Waals surface area contributed by atoms with E-state index in [-0.39, 0.29) is 11.3 Å². The van der Waals surface area contributed by atoms with Crippen molar-refractivity contribution in [3.63, 3.8) is 0 Å². The average Bonchev–Trinajstić information content (AvgIpc) is 2.99. The Morgan fingerprint density at radius 2 is 1.92 bits per heavy atom. The van der Waals surface area contributed by atoms with Gasteiger partial charge in [-0.2, -0.15) is 5.10 Å². The lowest BCUT2D eigenvalue weighted by atomic mass is 10.1. The van der Waals surface area contributed by atoms with E-state index in [2.05, 4.69) is 5.10 Å². The number of aromatic nitrogens is 3. The van der Waals surface area contributed by atoms with E-state index in [4.69, 9.17) is 4.74 Å². The number of nitrogens with zero attached hydrogens (tertiary/aromatic N) is 3. The Morgan fingerprint density at radius 1 is 1.20 bits per heavy atom. The molecule has 0 fully saturated rings. The molecule has 0 N–H and O–H groups in total. The van der Waals surface area contributed by atoms with E-state index in [1.165, 1.54) is 7.11 Å². The highest BCUT2D eigenvalue weighted by molar-refractivity contribution is 5.88. The van der Waals surface area contributed by atoms with Gasteiger partial charge in [0.25, 0.3) is 5.56 Å². The minimum absolute atomic E-state index is 0.0690. The molecule has 3 aromatic rings. The molecule has 0 aliphatic heterocycles. The van der Waals surface area contributed by atoms with Gasteiger partial charge in [-0.05, 0) is 24.1 Å². The minimum Gasteiger partial charge on any atom is -0.464 e. The number of hydrogen-bond acceptors (Lipinski definition) is 4. The quantitative estimate of drug-likeness (QED) is 0.686. The smallest absolute Gasteiger partial charge is 0.358 e. The molecular formula is C19H19N3O3. The van der Waals surface area contributed by atoms with Gasteiger partial charge in [-0.25, -0.2) is 4.79 Å². The van der Waals surface area contributed by atoms with Crippen molar-refractivity contribution >= 4 is 5.97 Å². The molecule has 2 heterocycles. The number of rotatable bonds is 4. The van der Waals surface area contributed by atoms with Crippen molar-refractivity contribution in [2.45, 2.75) is 13.5 Å². The van der Waals surface area contributed by atoms with Gasteiger partial charge >= 0.3 is 5.97 Å². The molecule has 3 rings (SSSR count). The maximum Gasteiger partial charge on any atom is 0.358 e. The second-order valence-electron chi connectivity index (χ2n) is 5.85. The summed E-state index contributed by atoms with van der Waals surface area (Å²) < 4.78 is 7.99. The van der Waals surface area contributed by atoms with Crippen LogP contribution in [0.25, 0.3) is 11.3 Å². The zero-order valence-electron chi connectivity index (χ0n) is 14.4. The van der Waals surface area contributed by atoms with E-state index in [1.54, 1.807) is 28.4 Å². The average molecular weight is 337 g/mol. The molecule has 25 heavy (non-hydrogen) atoms. The Labute approximate surface area is 145 Å². The summed E-state index contributed by atoms with van der Waals surface area (Å²) in [6.07, 6.45) is 1.81. The normalized spacial score (nSPS) is 10.7. The Balaban J connectivity index is 2.05. The van der Waals surface area contributed by atoms with Crippen molar-refractivity contribution in [3.8, 4) is 11.3 Å². The van der Waals surface area contributed by atoms with Crippen molar-refractivity contribution in [1.29, 1.82) is 0 Å². The van der Waals surface area contributed by atoms with E-state index in [9.17, 15) is 9.59 Å². The third kappa shape index (κ3) is 3.38. The van der Waals surface area contributed by atoms with Gasteiger partial charge in [0, 0.05) is 24.9 Å². The van der Waals surface area contributed by atoms with Crippen LogP contribution in [-0.4, -0.2) is 27.4 Å². The molecule has 2 aromatic heterocycles. The first-order valence-electron chi connectivity index (χ1n) is 7.87. The van der Waals surface area contributed by atoms with Gasteiger partial charge in [-0.1, -0.05) is 30.3 Å². The van der Waals surface area contributed by atoms with Crippen molar-refractivity contribution in [2.75, 3.05) is 7.11 Å². The third-order valence-corrected chi connectivity index (χ3v) is 4.08. The summed E-state index contributed by atoms with van der Waals surface area (Å²) in [5.74, 6) is -0.489. The molecule has 1 aromatic carbocycles. The van der Waals surface area contributed by atoms with Gasteiger partial charge in [0.2, 0.25) is 0 Å². The highest BCUT2D eigenvalue weighted by atomic mass is 16.5. The number of carbonyl (C=O) groups is 1. The molecule has 0 aliphatic rings. The molecule has 0 amide bonds. The van der Waals surface area contributed by atoms with Crippen molar-refractivity contribution in [3.05, 3.63) is 75.8 Å². The van der Waals surface area contributed by atoms with Crippen LogP contribution in [-0.2, 0) is 18.3 Å². The van der Waals surface area contributed by atoms with Gasteiger partial charge in [-0.3, -0.25) is 9.48 Å². The SMILES string of the molecule is COC(=O)c1cc(-c2cn(Cc3ccccc3)c(=O)cc2C)n(C)n1. The fourth-order valence-electron chi connectivity index (χ4n) is 2.76. The first kappa shape index (κ1) is 16.7. The Kier molecular flexibility index (Phi) is 4.52. The minimum atomic E-state index is -0.489. The maximum atomic E-state index is 12.3. The number of ether oxygens (including phenoxy) is 1. The second kappa shape index (κ2) is 6.76. The van der Waals surface area contributed by atoms with Crippen LogP contribution >= 0.6 is 0 Å². The van der Waals surface area contributed by atoms with Gasteiger partial charge in [0.15, 0.2) is 5.69 Å². The molecule has 6 nitrogen and oxygen atoms in total. The molecule has 0 bridgehead atoms. The summed E-state index contributed by atoms with van der Waals surface area (Å²) in [6.45, 7) is 2.35. The summed E-state index contributed by atoms with van der Waals surface area (Å²) in [4.78, 5) is 24.0. The zero-order valence-corrected chi connectivity index (χ0v) is 14.4. The molecule has 0 unspecified atom stereocenters. The number of methoxy groups -OCH3 is 1. The Bertz CT molecular complexity index is 971. The molecule has 6 heteroatoms. The van der Waals surface area contributed by atoms with Gasteiger partial charge in [-0.15, -0.1) is 0 Å². The molecule has 0 spiro atoms. The third-order valence-electron chi connectivity index (χ3n) is 4.08. The van der Waals surface area contributed by atoms with Gasteiger partial charge < -0.3 is 9.30 Å². The summed E-state index contributed by atoms with van der Waals surface area (Å²) >= 11 is 0.